The Kier molecular flexibility index (Phi) is 3.40. The fourth-order valence-corrected chi connectivity index (χ4v) is 2.00. The summed E-state index contributed by atoms with van der Waals surface area (Å²) in [5, 5.41) is 8.87. The zero-order valence-corrected chi connectivity index (χ0v) is 11.2. The average molecular weight is 259 g/mol. The summed E-state index contributed by atoms with van der Waals surface area (Å²) in [7, 11) is 0. The zero-order valence-electron chi connectivity index (χ0n) is 11.2. The maximum atomic E-state index is 10.8. The summed E-state index contributed by atoms with van der Waals surface area (Å²) < 4.78 is 0. The monoisotopic (exact) mass is 259 g/mol. The van der Waals surface area contributed by atoms with Crippen molar-refractivity contribution in [2.45, 2.75) is 26.8 Å². The van der Waals surface area contributed by atoms with E-state index in [-0.39, 0.29) is 5.82 Å². The first kappa shape index (κ1) is 13.3. The Balaban J connectivity index is 2.43. The van der Waals surface area contributed by atoms with Crippen molar-refractivity contribution in [2.24, 2.45) is 5.73 Å². The van der Waals surface area contributed by atoms with Gasteiger partial charge < -0.3 is 15.8 Å². The van der Waals surface area contributed by atoms with E-state index in [1.807, 2.05) is 13.8 Å². The van der Waals surface area contributed by atoms with Crippen molar-refractivity contribution in [3.05, 3.63) is 40.8 Å². The number of H-pyrrole nitrogens is 1. The van der Waals surface area contributed by atoms with Crippen molar-refractivity contribution >= 4 is 5.97 Å². The molecule has 5 nitrogen and oxygen atoms in total. The number of aromatic amines is 1. The predicted octanol–water partition coefficient (Wildman–Crippen LogP) is 2.09. The molecule has 0 fully saturated rings. The van der Waals surface area contributed by atoms with Crippen LogP contribution in [0.3, 0.4) is 0 Å². The maximum absolute atomic E-state index is 10.8. The molecule has 2 rings (SSSR count). The number of carbonyl (C=O) groups is 1. The number of aryl methyl sites for hydroxylation is 3. The second kappa shape index (κ2) is 4.85. The first-order valence-corrected chi connectivity index (χ1v) is 6.01. The Morgan fingerprint density at radius 3 is 2.53 bits per heavy atom. The molecule has 19 heavy (non-hydrogen) atoms. The lowest BCUT2D eigenvalue weighted by atomic mass is 9.99. The van der Waals surface area contributed by atoms with Crippen molar-refractivity contribution in [1.29, 1.82) is 0 Å². The standard InChI is InChI=1S/C14H17N3O2/c1-7-4-9(3)10(5-8(7)2)11-6-16-13(17-11)12(15)14(18)19/h4-6,12H,15H2,1-3H3,(H,16,17)(H,18,19). The van der Waals surface area contributed by atoms with Gasteiger partial charge in [-0.05, 0) is 43.5 Å². The number of carboxylic acid groups (broad SMARTS) is 1. The molecule has 0 saturated carbocycles. The lowest BCUT2D eigenvalue weighted by Gasteiger charge is -2.08. The minimum absolute atomic E-state index is 0.264. The number of carboxylic acids is 1. The number of hydrogen-bond acceptors (Lipinski definition) is 3. The minimum Gasteiger partial charge on any atom is -0.480 e. The smallest absolute Gasteiger partial charge is 0.328 e. The van der Waals surface area contributed by atoms with Gasteiger partial charge in [0.25, 0.3) is 0 Å². The fourth-order valence-electron chi connectivity index (χ4n) is 2.00. The molecule has 0 bridgehead atoms. The summed E-state index contributed by atoms with van der Waals surface area (Å²) >= 11 is 0. The van der Waals surface area contributed by atoms with E-state index >= 15 is 0 Å². The number of nitrogens with zero attached hydrogens (tertiary/aromatic N) is 1. The van der Waals surface area contributed by atoms with E-state index in [1.54, 1.807) is 6.20 Å². The second-order valence-electron chi connectivity index (χ2n) is 4.75. The molecule has 1 aromatic carbocycles. The van der Waals surface area contributed by atoms with Gasteiger partial charge >= 0.3 is 5.97 Å². The molecule has 0 spiro atoms. The number of benzene rings is 1. The number of nitrogens with one attached hydrogen (secondary N) is 1. The van der Waals surface area contributed by atoms with Crippen LogP contribution in [0.4, 0.5) is 0 Å². The molecular weight excluding hydrogens is 242 g/mol. The highest BCUT2D eigenvalue weighted by Gasteiger charge is 2.18. The van der Waals surface area contributed by atoms with Crippen LogP contribution in [-0.2, 0) is 4.79 Å². The van der Waals surface area contributed by atoms with Crippen molar-refractivity contribution in [3.63, 3.8) is 0 Å². The van der Waals surface area contributed by atoms with Gasteiger partial charge in [-0.2, -0.15) is 0 Å². The predicted molar refractivity (Wildman–Crippen MR) is 72.8 cm³/mol. The first-order valence-electron chi connectivity index (χ1n) is 6.01. The summed E-state index contributed by atoms with van der Waals surface area (Å²) in [6, 6.07) is 3.04. The third kappa shape index (κ3) is 2.51. The molecule has 1 unspecified atom stereocenters. The molecule has 4 N–H and O–H groups in total. The van der Waals surface area contributed by atoms with Crippen molar-refractivity contribution in [3.8, 4) is 11.3 Å². The van der Waals surface area contributed by atoms with Crippen LogP contribution < -0.4 is 5.73 Å². The highest BCUT2D eigenvalue weighted by Crippen LogP contribution is 2.25. The number of rotatable bonds is 3. The lowest BCUT2D eigenvalue weighted by molar-refractivity contribution is -0.138. The molecule has 1 heterocycles. The number of nitrogens with two attached hydrogens (primary N) is 1. The van der Waals surface area contributed by atoms with Gasteiger partial charge in [-0.3, -0.25) is 4.79 Å². The molecule has 0 aliphatic rings. The fraction of sp³-hybridized carbons (Fsp3) is 0.286. The third-order valence-corrected chi connectivity index (χ3v) is 3.29. The molecule has 0 aliphatic carbocycles. The number of hydrogen-bond donors (Lipinski definition) is 3. The Labute approximate surface area is 111 Å². The zero-order chi connectivity index (χ0) is 14.2. The highest BCUT2D eigenvalue weighted by atomic mass is 16.4. The lowest BCUT2D eigenvalue weighted by Crippen LogP contribution is -2.21. The van der Waals surface area contributed by atoms with Crippen LogP contribution in [0.5, 0.6) is 0 Å². The van der Waals surface area contributed by atoms with E-state index < -0.39 is 12.0 Å². The van der Waals surface area contributed by atoms with Crippen molar-refractivity contribution < 1.29 is 9.90 Å². The molecule has 0 aliphatic heterocycles. The van der Waals surface area contributed by atoms with Gasteiger partial charge in [0.1, 0.15) is 5.82 Å². The molecule has 100 valence electrons. The highest BCUT2D eigenvalue weighted by molar-refractivity contribution is 5.74. The summed E-state index contributed by atoms with van der Waals surface area (Å²) in [5.41, 5.74) is 10.8. The molecule has 0 amide bonds. The van der Waals surface area contributed by atoms with Crippen LogP contribution in [0.2, 0.25) is 0 Å². The quantitative estimate of drug-likeness (QED) is 0.787. The van der Waals surface area contributed by atoms with Gasteiger partial charge in [-0.15, -0.1) is 0 Å². The van der Waals surface area contributed by atoms with Gasteiger partial charge in [0.05, 0.1) is 11.9 Å². The summed E-state index contributed by atoms with van der Waals surface area (Å²) in [5.74, 6) is -0.835. The topological polar surface area (TPSA) is 92.0 Å². The van der Waals surface area contributed by atoms with Crippen LogP contribution in [0.25, 0.3) is 11.3 Å². The van der Waals surface area contributed by atoms with E-state index in [9.17, 15) is 4.79 Å². The molecule has 0 saturated heterocycles. The average Bonchev–Trinajstić information content (AvgIpc) is 2.81. The Morgan fingerprint density at radius 2 is 1.89 bits per heavy atom. The van der Waals surface area contributed by atoms with E-state index in [4.69, 9.17) is 10.8 Å². The van der Waals surface area contributed by atoms with Crippen molar-refractivity contribution in [1.82, 2.24) is 9.97 Å². The van der Waals surface area contributed by atoms with Gasteiger partial charge in [0, 0.05) is 5.56 Å². The number of imidazole rings is 1. The molecular formula is C14H17N3O2. The first-order chi connectivity index (χ1) is 8.90. The largest absolute Gasteiger partial charge is 0.480 e. The Hall–Kier alpha value is -2.14. The third-order valence-electron chi connectivity index (χ3n) is 3.29. The normalized spacial score (nSPS) is 12.4. The van der Waals surface area contributed by atoms with Crippen LogP contribution >= 0.6 is 0 Å². The van der Waals surface area contributed by atoms with Crippen molar-refractivity contribution in [2.75, 3.05) is 0 Å². The van der Waals surface area contributed by atoms with Crippen LogP contribution in [0.1, 0.15) is 28.6 Å². The number of aliphatic carboxylic acids is 1. The van der Waals surface area contributed by atoms with E-state index in [0.717, 1.165) is 16.8 Å². The Morgan fingerprint density at radius 1 is 1.26 bits per heavy atom. The SMILES string of the molecule is Cc1cc(C)c(-c2cnc(C(N)C(=O)O)[nH]2)cc1C. The second-order valence-corrected chi connectivity index (χ2v) is 4.75. The van der Waals surface area contributed by atoms with E-state index in [1.165, 1.54) is 11.1 Å². The Bertz CT molecular complexity index is 632. The van der Waals surface area contributed by atoms with Crippen LogP contribution in [0.15, 0.2) is 18.3 Å². The molecule has 2 aromatic rings. The van der Waals surface area contributed by atoms with Crippen LogP contribution in [0, 0.1) is 20.8 Å². The molecule has 5 heteroatoms. The maximum Gasteiger partial charge on any atom is 0.328 e. The molecule has 1 aromatic heterocycles. The summed E-state index contributed by atoms with van der Waals surface area (Å²) in [6.45, 7) is 6.11. The van der Waals surface area contributed by atoms with Gasteiger partial charge in [0.15, 0.2) is 6.04 Å². The molecule has 0 radical (unpaired) electrons. The number of aromatic nitrogens is 2. The minimum atomic E-state index is -1.12. The molecule has 1 atom stereocenters. The van der Waals surface area contributed by atoms with E-state index in [0.29, 0.717) is 0 Å². The van der Waals surface area contributed by atoms with E-state index in [2.05, 4.69) is 29.0 Å². The van der Waals surface area contributed by atoms with Crippen LogP contribution in [-0.4, -0.2) is 21.0 Å². The van der Waals surface area contributed by atoms with Gasteiger partial charge in [0.2, 0.25) is 0 Å². The van der Waals surface area contributed by atoms with Gasteiger partial charge in [-0.25, -0.2) is 4.98 Å². The summed E-state index contributed by atoms with van der Waals surface area (Å²) in [4.78, 5) is 17.9. The summed E-state index contributed by atoms with van der Waals surface area (Å²) in [6.07, 6.45) is 1.62. The van der Waals surface area contributed by atoms with Gasteiger partial charge in [-0.1, -0.05) is 6.07 Å².